The predicted octanol–water partition coefficient (Wildman–Crippen LogP) is 1.64. The number of methoxy groups -OCH3 is 1. The van der Waals surface area contributed by atoms with E-state index in [9.17, 15) is 9.59 Å². The maximum Gasteiger partial charge on any atom is 0.320 e. The molecule has 0 aliphatic heterocycles. The number of ether oxygens (including phenoxy) is 2. The fourth-order valence-electron chi connectivity index (χ4n) is 3.79. The highest BCUT2D eigenvalue weighted by atomic mass is 16.5. The summed E-state index contributed by atoms with van der Waals surface area (Å²) in [5.41, 5.74) is 17.3. The molecule has 0 fully saturated rings. The lowest BCUT2D eigenvalue weighted by atomic mass is 10.2. The monoisotopic (exact) mass is 566 g/mol. The van der Waals surface area contributed by atoms with E-state index in [0.29, 0.717) is 36.6 Å². The van der Waals surface area contributed by atoms with Gasteiger partial charge in [-0.2, -0.15) is 5.21 Å². The van der Waals surface area contributed by atoms with E-state index in [4.69, 9.17) is 31.8 Å². The number of aliphatic imine (C=N–C) groups is 1. The van der Waals surface area contributed by atoms with Crippen LogP contribution in [0.2, 0.25) is 0 Å². The standard InChI is InChI=1S/C20H20N6O3.C6H14N4O2/c1-12(2)29-18-15-11-14(28-3)9-10-16(15)26(13-7-5-4-6-8-13)17(18)19(27)21-20-22-24-25-23-20;7-4(5(11)12)2-1-3-10-6(8)9/h4-12H,1-3H3,(H2,21,22,23,24,25,27);4H,1-3,7H2,(H,11,12)(H4,8,9,10). The molecule has 4 rings (SSSR count). The second kappa shape index (κ2) is 14.3. The normalized spacial score (nSPS) is 11.3. The van der Waals surface area contributed by atoms with E-state index in [0.717, 1.165) is 16.6 Å². The Labute approximate surface area is 235 Å². The largest absolute Gasteiger partial charge is 0.497 e. The Bertz CT molecular complexity index is 1470. The first-order valence-electron chi connectivity index (χ1n) is 12.7. The van der Waals surface area contributed by atoms with Gasteiger partial charge in [-0.3, -0.25) is 19.9 Å². The molecule has 0 saturated carbocycles. The van der Waals surface area contributed by atoms with Gasteiger partial charge in [0.15, 0.2) is 17.4 Å². The molecular formula is C26H34N10O5. The van der Waals surface area contributed by atoms with Gasteiger partial charge in [0.2, 0.25) is 0 Å². The number of rotatable bonds is 11. The Balaban J connectivity index is 0.000000327. The van der Waals surface area contributed by atoms with Crippen molar-refractivity contribution in [3.63, 3.8) is 0 Å². The maximum absolute atomic E-state index is 13.3. The smallest absolute Gasteiger partial charge is 0.320 e. The van der Waals surface area contributed by atoms with Crippen LogP contribution in [0.15, 0.2) is 53.5 Å². The van der Waals surface area contributed by atoms with E-state index in [-0.39, 0.29) is 18.0 Å². The first-order chi connectivity index (χ1) is 19.6. The van der Waals surface area contributed by atoms with E-state index in [1.165, 1.54) is 0 Å². The Hall–Kier alpha value is -5.18. The number of nitrogens with one attached hydrogen (secondary N) is 2. The summed E-state index contributed by atoms with van der Waals surface area (Å²) in [5.74, 6) is -0.201. The number of aromatic nitrogens is 5. The summed E-state index contributed by atoms with van der Waals surface area (Å²) in [6.07, 6.45) is 0.810. The molecule has 218 valence electrons. The number of carboxylic acids is 1. The highest BCUT2D eigenvalue weighted by Crippen LogP contribution is 2.38. The lowest BCUT2D eigenvalue weighted by Crippen LogP contribution is -2.30. The van der Waals surface area contributed by atoms with E-state index in [2.05, 4.69) is 30.9 Å². The van der Waals surface area contributed by atoms with E-state index in [1.807, 2.05) is 66.9 Å². The lowest BCUT2D eigenvalue weighted by molar-refractivity contribution is -0.138. The summed E-state index contributed by atoms with van der Waals surface area (Å²) in [7, 11) is 1.60. The minimum absolute atomic E-state index is 0.0129. The fraction of sp³-hybridized carbons (Fsp3) is 0.308. The van der Waals surface area contributed by atoms with Crippen molar-refractivity contribution in [2.24, 2.45) is 22.2 Å². The van der Waals surface area contributed by atoms with Crippen LogP contribution in [-0.4, -0.2) is 73.9 Å². The third kappa shape index (κ3) is 8.15. The number of carbonyl (C=O) groups excluding carboxylic acids is 1. The van der Waals surface area contributed by atoms with E-state index in [1.54, 1.807) is 7.11 Å². The van der Waals surface area contributed by atoms with Crippen LogP contribution in [0.1, 0.15) is 37.2 Å². The summed E-state index contributed by atoms with van der Waals surface area (Å²) in [6.45, 7) is 4.24. The zero-order chi connectivity index (χ0) is 29.9. The molecule has 15 heteroatoms. The third-order valence-corrected chi connectivity index (χ3v) is 5.57. The SMILES string of the molecule is COc1ccc2c(c1)c(OC(C)C)c(C(=O)Nc1nn[nH]n1)n2-c1ccccc1.NC(N)=NCCCC(N)C(=O)O. The third-order valence-electron chi connectivity index (χ3n) is 5.57. The molecule has 0 aliphatic rings. The molecule has 0 spiro atoms. The number of benzene rings is 2. The number of H-pyrrole nitrogens is 1. The van der Waals surface area contributed by atoms with Crippen molar-refractivity contribution in [3.8, 4) is 17.2 Å². The van der Waals surface area contributed by atoms with Crippen molar-refractivity contribution in [2.75, 3.05) is 19.0 Å². The Kier molecular flexibility index (Phi) is 10.6. The van der Waals surface area contributed by atoms with Gasteiger partial charge in [0.25, 0.3) is 11.9 Å². The van der Waals surface area contributed by atoms with Crippen LogP contribution in [0, 0.1) is 0 Å². The molecule has 2 heterocycles. The lowest BCUT2D eigenvalue weighted by Gasteiger charge is -2.13. The molecule has 9 N–H and O–H groups in total. The number of nitrogens with zero attached hydrogens (tertiary/aromatic N) is 5. The van der Waals surface area contributed by atoms with Crippen LogP contribution in [0.3, 0.4) is 0 Å². The molecule has 0 bridgehead atoms. The van der Waals surface area contributed by atoms with Crippen LogP contribution in [0.25, 0.3) is 16.6 Å². The highest BCUT2D eigenvalue weighted by molar-refractivity contribution is 6.10. The van der Waals surface area contributed by atoms with Gasteiger partial charge in [-0.15, -0.1) is 5.10 Å². The Morgan fingerprint density at radius 1 is 1.17 bits per heavy atom. The van der Waals surface area contributed by atoms with Crippen molar-refractivity contribution in [2.45, 2.75) is 38.8 Å². The Morgan fingerprint density at radius 3 is 2.49 bits per heavy atom. The molecule has 15 nitrogen and oxygen atoms in total. The van der Waals surface area contributed by atoms with Crippen molar-refractivity contribution >= 4 is 34.7 Å². The number of fused-ring (bicyclic) bond motifs is 1. The van der Waals surface area contributed by atoms with Gasteiger partial charge in [0.1, 0.15) is 11.8 Å². The number of amides is 1. The minimum Gasteiger partial charge on any atom is -0.497 e. The average molecular weight is 567 g/mol. The molecule has 4 aromatic rings. The van der Waals surface area contributed by atoms with E-state index >= 15 is 0 Å². The Morgan fingerprint density at radius 2 is 1.90 bits per heavy atom. The number of nitrogens with two attached hydrogens (primary N) is 3. The first kappa shape index (κ1) is 30.4. The van der Waals surface area contributed by atoms with Crippen molar-refractivity contribution < 1.29 is 24.2 Å². The zero-order valence-corrected chi connectivity index (χ0v) is 22.9. The zero-order valence-electron chi connectivity index (χ0n) is 22.9. The number of carbonyl (C=O) groups is 2. The molecule has 1 atom stereocenters. The summed E-state index contributed by atoms with van der Waals surface area (Å²) in [6, 6.07) is 14.4. The van der Waals surface area contributed by atoms with Crippen LogP contribution < -0.4 is 32.0 Å². The number of anilines is 1. The predicted molar refractivity (Wildman–Crippen MR) is 153 cm³/mol. The number of aliphatic carboxylic acids is 1. The quantitative estimate of drug-likeness (QED) is 0.0867. The summed E-state index contributed by atoms with van der Waals surface area (Å²) in [4.78, 5) is 27.2. The number of aromatic amines is 1. The van der Waals surface area contributed by atoms with Crippen LogP contribution in [0.4, 0.5) is 5.95 Å². The number of hydrogen-bond donors (Lipinski definition) is 6. The van der Waals surface area contributed by atoms with Crippen LogP contribution in [0.5, 0.6) is 11.5 Å². The van der Waals surface area contributed by atoms with Gasteiger partial charge in [0, 0.05) is 17.6 Å². The van der Waals surface area contributed by atoms with Crippen molar-refractivity contribution in [3.05, 3.63) is 54.2 Å². The number of guanidine groups is 1. The van der Waals surface area contributed by atoms with Gasteiger partial charge in [-0.05, 0) is 62.2 Å². The summed E-state index contributed by atoms with van der Waals surface area (Å²) >= 11 is 0. The molecule has 0 saturated heterocycles. The minimum atomic E-state index is -1.00. The molecule has 0 radical (unpaired) electrons. The number of tetrazole rings is 1. The molecule has 41 heavy (non-hydrogen) atoms. The average Bonchev–Trinajstić information content (AvgIpc) is 3.57. The molecule has 1 unspecified atom stereocenters. The van der Waals surface area contributed by atoms with Gasteiger partial charge in [-0.1, -0.05) is 23.3 Å². The summed E-state index contributed by atoms with van der Waals surface area (Å²) < 4.78 is 13.3. The van der Waals surface area contributed by atoms with Gasteiger partial charge in [-0.25, -0.2) is 0 Å². The number of hydrogen-bond acceptors (Lipinski definition) is 9. The topological polar surface area (TPSA) is 235 Å². The molecule has 2 aromatic carbocycles. The summed E-state index contributed by atoms with van der Waals surface area (Å²) in [5, 5.41) is 25.2. The molecule has 0 aliphatic carbocycles. The fourth-order valence-corrected chi connectivity index (χ4v) is 3.79. The van der Waals surface area contributed by atoms with Crippen molar-refractivity contribution in [1.82, 2.24) is 25.2 Å². The van der Waals surface area contributed by atoms with Crippen LogP contribution in [-0.2, 0) is 4.79 Å². The van der Waals surface area contributed by atoms with Gasteiger partial charge in [0.05, 0.1) is 18.7 Å². The van der Waals surface area contributed by atoms with Gasteiger partial charge < -0.3 is 36.3 Å². The highest BCUT2D eigenvalue weighted by Gasteiger charge is 2.27. The molecule has 1 amide bonds. The second-order valence-electron chi connectivity index (χ2n) is 8.98. The van der Waals surface area contributed by atoms with E-state index < -0.39 is 17.9 Å². The number of carboxylic acid groups (broad SMARTS) is 1. The van der Waals surface area contributed by atoms with Crippen LogP contribution >= 0.6 is 0 Å². The van der Waals surface area contributed by atoms with Gasteiger partial charge >= 0.3 is 5.97 Å². The maximum atomic E-state index is 13.3. The van der Waals surface area contributed by atoms with Crippen molar-refractivity contribution in [1.29, 1.82) is 0 Å². The molecule has 2 aromatic heterocycles. The second-order valence-corrected chi connectivity index (χ2v) is 8.98. The number of para-hydroxylation sites is 1. The first-order valence-corrected chi connectivity index (χ1v) is 12.7. The molecular weight excluding hydrogens is 532 g/mol.